The molecule has 2 unspecified atom stereocenters. The highest BCUT2D eigenvalue weighted by atomic mass is 19.4. The maximum Gasteiger partial charge on any atom is 0.490 e. The first-order valence-electron chi connectivity index (χ1n) is 11.3. The molecule has 1 aliphatic rings. The van der Waals surface area contributed by atoms with Crippen molar-refractivity contribution in [3.05, 3.63) is 64.4 Å². The number of aromatic nitrogens is 2. The average Bonchev–Trinajstić information content (AvgIpc) is 3.39. The summed E-state index contributed by atoms with van der Waals surface area (Å²) in [4.78, 5) is 24.2. The molecule has 3 aromatic rings. The molecule has 0 radical (unpaired) electrons. The number of carbonyl (C=O) groups is 2. The summed E-state index contributed by atoms with van der Waals surface area (Å²) in [5.41, 5.74) is 6.33. The first kappa shape index (κ1) is 26.3. The molecule has 2 atom stereocenters. The van der Waals surface area contributed by atoms with Gasteiger partial charge in [-0.1, -0.05) is 6.07 Å². The summed E-state index contributed by atoms with van der Waals surface area (Å²) >= 11 is 0. The van der Waals surface area contributed by atoms with Crippen molar-refractivity contribution in [2.24, 2.45) is 0 Å². The van der Waals surface area contributed by atoms with E-state index in [2.05, 4.69) is 20.7 Å². The lowest BCUT2D eigenvalue weighted by Crippen LogP contribution is -2.49. The van der Waals surface area contributed by atoms with Gasteiger partial charge in [0.15, 0.2) is 0 Å². The van der Waals surface area contributed by atoms with Crippen molar-refractivity contribution in [3.63, 3.8) is 0 Å². The predicted molar refractivity (Wildman–Crippen MR) is 120 cm³/mol. The molecule has 2 heterocycles. The van der Waals surface area contributed by atoms with Gasteiger partial charge in [0.1, 0.15) is 24.3 Å². The summed E-state index contributed by atoms with van der Waals surface area (Å²) in [6.07, 6.45) is -5.07. The van der Waals surface area contributed by atoms with Gasteiger partial charge in [-0.25, -0.2) is 19.0 Å². The summed E-state index contributed by atoms with van der Waals surface area (Å²) in [6.45, 7) is 2.89. The van der Waals surface area contributed by atoms with Crippen LogP contribution in [0.15, 0.2) is 30.3 Å². The number of amides is 1. The van der Waals surface area contributed by atoms with Crippen molar-refractivity contribution in [1.82, 2.24) is 20.5 Å². The zero-order chi connectivity index (χ0) is 26.9. The van der Waals surface area contributed by atoms with E-state index >= 15 is 0 Å². The molecule has 8 nitrogen and oxygen atoms in total. The minimum Gasteiger partial charge on any atom is -0.473 e. The van der Waals surface area contributed by atoms with Crippen LogP contribution in [0.5, 0.6) is 5.88 Å². The van der Waals surface area contributed by atoms with Crippen LogP contribution in [-0.2, 0) is 16.1 Å². The number of pyridine rings is 1. The van der Waals surface area contributed by atoms with E-state index in [0.717, 1.165) is 12.1 Å². The van der Waals surface area contributed by atoms with Gasteiger partial charge in [0, 0.05) is 6.07 Å². The molecule has 1 aliphatic carbocycles. The normalized spacial score (nSPS) is 17.7. The second-order valence-corrected chi connectivity index (χ2v) is 8.69. The van der Waals surface area contributed by atoms with Crippen molar-refractivity contribution in [1.29, 1.82) is 0 Å². The van der Waals surface area contributed by atoms with Gasteiger partial charge >= 0.3 is 12.1 Å². The van der Waals surface area contributed by atoms with Crippen molar-refractivity contribution in [2.75, 3.05) is 0 Å². The fourth-order valence-electron chi connectivity index (χ4n) is 4.22. The first-order chi connectivity index (χ1) is 17.5. The van der Waals surface area contributed by atoms with Crippen LogP contribution in [0.4, 0.5) is 22.0 Å². The molecule has 1 aromatic carbocycles. The number of carbonyl (C=O) groups excluding carboxylic acids is 2. The summed E-state index contributed by atoms with van der Waals surface area (Å²) < 4.78 is 77.2. The number of hydrogen-bond acceptors (Lipinski definition) is 6. The number of nitrogens with zero attached hydrogens (tertiary/aromatic N) is 2. The number of alkyl halides is 3. The summed E-state index contributed by atoms with van der Waals surface area (Å²) in [6, 6.07) is 6.00. The number of hydrogen-bond donors (Lipinski definition) is 2. The van der Waals surface area contributed by atoms with Gasteiger partial charge in [0.2, 0.25) is 5.88 Å². The average molecular weight is 526 g/mol. The number of halogens is 5. The number of esters is 1. The smallest absolute Gasteiger partial charge is 0.473 e. The topological polar surface area (TPSA) is 94.0 Å². The van der Waals surface area contributed by atoms with Crippen molar-refractivity contribution in [2.45, 2.75) is 58.0 Å². The summed E-state index contributed by atoms with van der Waals surface area (Å²) in [7, 11) is 0. The van der Waals surface area contributed by atoms with Gasteiger partial charge in [-0.2, -0.15) is 22.8 Å². The Hall–Kier alpha value is -3.74. The van der Waals surface area contributed by atoms with Gasteiger partial charge in [-0.15, -0.1) is 0 Å². The minimum absolute atomic E-state index is 0.141. The number of fused-ring (bicyclic) bond motifs is 1. The number of hydrazine groups is 1. The quantitative estimate of drug-likeness (QED) is 0.274. The SMILES string of the molecule is Cc1cc(OCc2c(F)cccc2F)n2nc(C)c(C(=O)NNC3CCCC3OC(=O)C(F)(F)F)c2c1. The Morgan fingerprint density at radius 2 is 1.84 bits per heavy atom. The minimum atomic E-state index is -5.11. The molecule has 13 heteroatoms. The van der Waals surface area contributed by atoms with E-state index in [4.69, 9.17) is 4.74 Å². The van der Waals surface area contributed by atoms with Gasteiger partial charge < -0.3 is 9.47 Å². The molecule has 0 aliphatic heterocycles. The number of nitrogens with one attached hydrogen (secondary N) is 2. The van der Waals surface area contributed by atoms with Crippen LogP contribution in [-0.4, -0.2) is 39.8 Å². The zero-order valence-corrected chi connectivity index (χ0v) is 19.8. The predicted octanol–water partition coefficient (Wildman–Crippen LogP) is 4.07. The Labute approximate surface area is 207 Å². The Morgan fingerprint density at radius 1 is 1.14 bits per heavy atom. The highest BCUT2D eigenvalue weighted by Crippen LogP contribution is 2.27. The summed E-state index contributed by atoms with van der Waals surface area (Å²) in [5.74, 6) is -4.30. The molecular weight excluding hydrogens is 503 g/mol. The molecule has 0 spiro atoms. The Morgan fingerprint density at radius 3 is 2.51 bits per heavy atom. The third kappa shape index (κ3) is 5.66. The van der Waals surface area contributed by atoms with Crippen LogP contribution in [0.25, 0.3) is 5.52 Å². The maximum absolute atomic E-state index is 14.0. The van der Waals surface area contributed by atoms with Gasteiger partial charge in [0.05, 0.1) is 28.4 Å². The monoisotopic (exact) mass is 526 g/mol. The Kier molecular flexibility index (Phi) is 7.35. The van der Waals surface area contributed by atoms with Crippen LogP contribution >= 0.6 is 0 Å². The van der Waals surface area contributed by atoms with Crippen molar-refractivity contribution in [3.8, 4) is 5.88 Å². The van der Waals surface area contributed by atoms with E-state index in [1.807, 2.05) is 0 Å². The van der Waals surface area contributed by atoms with Crippen LogP contribution < -0.4 is 15.6 Å². The number of rotatable bonds is 7. The van der Waals surface area contributed by atoms with E-state index in [9.17, 15) is 31.5 Å². The molecule has 1 saturated carbocycles. The fraction of sp³-hybridized carbons (Fsp3) is 0.375. The van der Waals surface area contributed by atoms with E-state index < -0.39 is 48.4 Å². The molecule has 1 amide bonds. The molecule has 198 valence electrons. The molecule has 0 bridgehead atoms. The third-order valence-electron chi connectivity index (χ3n) is 5.99. The van der Waals surface area contributed by atoms with Crippen LogP contribution in [0, 0.1) is 25.5 Å². The highest BCUT2D eigenvalue weighted by Gasteiger charge is 2.44. The van der Waals surface area contributed by atoms with Crippen LogP contribution in [0.3, 0.4) is 0 Å². The van der Waals surface area contributed by atoms with Crippen LogP contribution in [0.1, 0.15) is 46.4 Å². The van der Waals surface area contributed by atoms with Crippen molar-refractivity contribution >= 4 is 17.4 Å². The van der Waals surface area contributed by atoms with Gasteiger partial charge in [0.25, 0.3) is 5.91 Å². The number of benzene rings is 1. The molecule has 0 saturated heterocycles. The maximum atomic E-state index is 14.0. The van der Waals surface area contributed by atoms with Gasteiger partial charge in [-0.05, 0) is 56.9 Å². The Bertz CT molecular complexity index is 1320. The second kappa shape index (κ2) is 10.3. The molecule has 37 heavy (non-hydrogen) atoms. The molecule has 2 aromatic heterocycles. The number of aryl methyl sites for hydroxylation is 2. The lowest BCUT2D eigenvalue weighted by Gasteiger charge is -2.22. The van der Waals surface area contributed by atoms with E-state index in [-0.39, 0.29) is 23.4 Å². The lowest BCUT2D eigenvalue weighted by atomic mass is 10.1. The molecule has 4 rings (SSSR count). The molecule has 1 fully saturated rings. The standard InChI is InChI=1S/C24H23F5N4O4/c1-12-9-18-21(22(34)31-30-17-7-4-8-19(17)37-23(35)24(27,28)29)13(2)32-33(18)20(10-12)36-11-14-15(25)5-3-6-16(14)26/h3,5-6,9-10,17,19,30H,4,7-8,11H2,1-2H3,(H,31,34). The largest absolute Gasteiger partial charge is 0.490 e. The van der Waals surface area contributed by atoms with Crippen molar-refractivity contribution < 1.29 is 41.0 Å². The third-order valence-corrected chi connectivity index (χ3v) is 5.99. The highest BCUT2D eigenvalue weighted by molar-refractivity contribution is 6.02. The number of ether oxygens (including phenoxy) is 2. The molecular formula is C24H23F5N4O4. The van der Waals surface area contributed by atoms with E-state index in [0.29, 0.717) is 29.6 Å². The summed E-state index contributed by atoms with van der Waals surface area (Å²) in [5, 5.41) is 4.31. The van der Waals surface area contributed by atoms with Crippen LogP contribution in [0.2, 0.25) is 0 Å². The first-order valence-corrected chi connectivity index (χ1v) is 11.3. The van der Waals surface area contributed by atoms with E-state index in [1.54, 1.807) is 26.0 Å². The molecule has 2 N–H and O–H groups in total. The van der Waals surface area contributed by atoms with Gasteiger partial charge in [-0.3, -0.25) is 10.2 Å². The Balaban J connectivity index is 1.51. The lowest BCUT2D eigenvalue weighted by molar-refractivity contribution is -0.205. The fourth-order valence-corrected chi connectivity index (χ4v) is 4.22. The van der Waals surface area contributed by atoms with E-state index in [1.165, 1.54) is 10.6 Å². The zero-order valence-electron chi connectivity index (χ0n) is 19.8. The second-order valence-electron chi connectivity index (χ2n) is 8.69.